The molecule has 1 saturated heterocycles. The number of rotatable bonds is 5. The highest BCUT2D eigenvalue weighted by atomic mass is 16.5. The molecule has 1 fully saturated rings. The highest BCUT2D eigenvalue weighted by molar-refractivity contribution is 5.94. The van der Waals surface area contributed by atoms with Crippen molar-refractivity contribution in [2.24, 2.45) is 0 Å². The maximum Gasteiger partial charge on any atom is 0.254 e. The molecule has 25 heavy (non-hydrogen) atoms. The van der Waals surface area contributed by atoms with Gasteiger partial charge in [-0.15, -0.1) is 5.10 Å². The van der Waals surface area contributed by atoms with Crippen LogP contribution in [0, 0.1) is 0 Å². The van der Waals surface area contributed by atoms with Gasteiger partial charge >= 0.3 is 0 Å². The Bertz CT molecular complexity index is 721. The zero-order valence-corrected chi connectivity index (χ0v) is 14.9. The number of aromatic nitrogens is 4. The van der Waals surface area contributed by atoms with Gasteiger partial charge in [0, 0.05) is 31.7 Å². The quantitative estimate of drug-likeness (QED) is 0.812. The third-order valence-electron chi connectivity index (χ3n) is 4.29. The van der Waals surface area contributed by atoms with E-state index >= 15 is 0 Å². The average molecular weight is 344 g/mol. The summed E-state index contributed by atoms with van der Waals surface area (Å²) in [5.41, 5.74) is 0.644. The molecule has 0 saturated carbocycles. The molecule has 0 radical (unpaired) electrons. The molecule has 0 spiro atoms. The molecule has 1 aliphatic rings. The molecule has 1 aromatic carbocycles. The number of nitrogens with zero attached hydrogens (tertiary/aromatic N) is 6. The van der Waals surface area contributed by atoms with E-state index in [9.17, 15) is 4.79 Å². The lowest BCUT2D eigenvalue weighted by molar-refractivity contribution is 0.0663. The van der Waals surface area contributed by atoms with Crippen LogP contribution in [0.1, 0.15) is 36.1 Å². The minimum absolute atomic E-state index is 0.0468. The summed E-state index contributed by atoms with van der Waals surface area (Å²) in [4.78, 5) is 16.8. The van der Waals surface area contributed by atoms with Crippen LogP contribution < -0.4 is 4.74 Å². The van der Waals surface area contributed by atoms with Crippen molar-refractivity contribution in [3.63, 3.8) is 0 Å². The SMILES string of the molecule is CC(C)n1nnnc1COc1cccc(C(=O)N2CCN(C)CC2)c1. The maximum atomic E-state index is 12.7. The number of ether oxygens (including phenoxy) is 1. The van der Waals surface area contributed by atoms with Crippen LogP contribution in [-0.2, 0) is 6.61 Å². The molecule has 134 valence electrons. The van der Waals surface area contributed by atoms with E-state index in [1.54, 1.807) is 10.7 Å². The summed E-state index contributed by atoms with van der Waals surface area (Å²) in [6, 6.07) is 7.45. The summed E-state index contributed by atoms with van der Waals surface area (Å²) in [5, 5.41) is 11.6. The van der Waals surface area contributed by atoms with Gasteiger partial charge in [0.05, 0.1) is 6.04 Å². The Morgan fingerprint density at radius 3 is 2.72 bits per heavy atom. The van der Waals surface area contributed by atoms with Crippen molar-refractivity contribution >= 4 is 5.91 Å². The molecule has 0 aliphatic carbocycles. The summed E-state index contributed by atoms with van der Waals surface area (Å²) in [6.45, 7) is 7.59. The third kappa shape index (κ3) is 4.14. The average Bonchev–Trinajstić information content (AvgIpc) is 3.09. The zero-order chi connectivity index (χ0) is 17.8. The minimum atomic E-state index is 0.0468. The van der Waals surface area contributed by atoms with Gasteiger partial charge in [-0.1, -0.05) is 6.07 Å². The van der Waals surface area contributed by atoms with E-state index in [0.717, 1.165) is 26.2 Å². The van der Waals surface area contributed by atoms with Crippen molar-refractivity contribution in [1.82, 2.24) is 30.0 Å². The van der Waals surface area contributed by atoms with Crippen LogP contribution in [0.15, 0.2) is 24.3 Å². The van der Waals surface area contributed by atoms with Crippen LogP contribution >= 0.6 is 0 Å². The fourth-order valence-electron chi connectivity index (χ4n) is 2.77. The van der Waals surface area contributed by atoms with Crippen LogP contribution in [0.5, 0.6) is 5.75 Å². The number of carbonyl (C=O) groups excluding carboxylic acids is 1. The largest absolute Gasteiger partial charge is 0.486 e. The highest BCUT2D eigenvalue weighted by Crippen LogP contribution is 2.17. The van der Waals surface area contributed by atoms with Gasteiger partial charge in [-0.3, -0.25) is 4.79 Å². The second-order valence-electron chi connectivity index (χ2n) is 6.55. The number of carbonyl (C=O) groups is 1. The molecular weight excluding hydrogens is 320 g/mol. The summed E-state index contributed by atoms with van der Waals surface area (Å²) in [6.07, 6.45) is 0. The van der Waals surface area contributed by atoms with E-state index in [1.807, 2.05) is 36.9 Å². The van der Waals surface area contributed by atoms with Gasteiger partial charge in [-0.25, -0.2) is 4.68 Å². The molecule has 0 unspecified atom stereocenters. The maximum absolute atomic E-state index is 12.7. The van der Waals surface area contributed by atoms with Crippen LogP contribution in [0.3, 0.4) is 0 Å². The first-order valence-electron chi connectivity index (χ1n) is 8.52. The minimum Gasteiger partial charge on any atom is -0.486 e. The number of benzene rings is 1. The van der Waals surface area contributed by atoms with E-state index in [2.05, 4.69) is 27.5 Å². The Balaban J connectivity index is 1.65. The molecule has 8 nitrogen and oxygen atoms in total. The molecule has 0 bridgehead atoms. The van der Waals surface area contributed by atoms with Gasteiger partial charge in [0.1, 0.15) is 12.4 Å². The number of amides is 1. The van der Waals surface area contributed by atoms with Crippen molar-refractivity contribution < 1.29 is 9.53 Å². The first-order chi connectivity index (χ1) is 12.0. The van der Waals surface area contributed by atoms with E-state index in [1.165, 1.54) is 0 Å². The molecule has 1 aromatic heterocycles. The molecule has 0 N–H and O–H groups in total. The van der Waals surface area contributed by atoms with Gasteiger partial charge in [-0.05, 0) is 49.5 Å². The first kappa shape index (κ1) is 17.3. The fourth-order valence-corrected chi connectivity index (χ4v) is 2.77. The molecule has 8 heteroatoms. The van der Waals surface area contributed by atoms with Crippen molar-refractivity contribution in [3.8, 4) is 5.75 Å². The van der Waals surface area contributed by atoms with E-state index in [4.69, 9.17) is 4.74 Å². The Kier molecular flexibility index (Phi) is 5.28. The summed E-state index contributed by atoms with van der Waals surface area (Å²) in [5.74, 6) is 1.34. The lowest BCUT2D eigenvalue weighted by Crippen LogP contribution is -2.47. The highest BCUT2D eigenvalue weighted by Gasteiger charge is 2.20. The molecule has 2 heterocycles. The predicted molar refractivity (Wildman–Crippen MR) is 92.4 cm³/mol. The Hall–Kier alpha value is -2.48. The molecule has 1 aliphatic heterocycles. The van der Waals surface area contributed by atoms with Gasteiger partial charge < -0.3 is 14.5 Å². The van der Waals surface area contributed by atoms with E-state index in [-0.39, 0.29) is 18.6 Å². The Morgan fingerprint density at radius 1 is 1.24 bits per heavy atom. The zero-order valence-electron chi connectivity index (χ0n) is 14.9. The lowest BCUT2D eigenvalue weighted by Gasteiger charge is -2.32. The summed E-state index contributed by atoms with van der Waals surface area (Å²) < 4.78 is 7.52. The second-order valence-corrected chi connectivity index (χ2v) is 6.55. The van der Waals surface area contributed by atoms with Crippen molar-refractivity contribution in [1.29, 1.82) is 0 Å². The standard InChI is InChI=1S/C17H24N6O2/c1-13(2)23-16(18-19-20-23)12-25-15-6-4-5-14(11-15)17(24)22-9-7-21(3)8-10-22/h4-6,11,13H,7-10,12H2,1-3H3. The van der Waals surface area contributed by atoms with Crippen LogP contribution in [-0.4, -0.2) is 69.1 Å². The Labute approximate surface area is 147 Å². The smallest absolute Gasteiger partial charge is 0.254 e. The van der Waals surface area contributed by atoms with Crippen LogP contribution in [0.2, 0.25) is 0 Å². The summed E-state index contributed by atoms with van der Waals surface area (Å²) >= 11 is 0. The summed E-state index contributed by atoms with van der Waals surface area (Å²) in [7, 11) is 2.07. The van der Waals surface area contributed by atoms with Crippen molar-refractivity contribution in [3.05, 3.63) is 35.7 Å². The molecule has 3 rings (SSSR count). The van der Waals surface area contributed by atoms with Gasteiger partial charge in [0.2, 0.25) is 0 Å². The van der Waals surface area contributed by atoms with Crippen molar-refractivity contribution in [2.45, 2.75) is 26.5 Å². The van der Waals surface area contributed by atoms with Gasteiger partial charge in [0.25, 0.3) is 5.91 Å². The number of tetrazole rings is 1. The normalized spacial score (nSPS) is 15.6. The number of likely N-dealkylation sites (N-methyl/N-ethyl adjacent to an activating group) is 1. The molecule has 1 amide bonds. The van der Waals surface area contributed by atoms with Gasteiger partial charge in [-0.2, -0.15) is 0 Å². The Morgan fingerprint density at radius 2 is 2.00 bits per heavy atom. The number of piperazine rings is 1. The predicted octanol–water partition coefficient (Wildman–Crippen LogP) is 1.22. The number of hydrogen-bond acceptors (Lipinski definition) is 6. The van der Waals surface area contributed by atoms with E-state index in [0.29, 0.717) is 17.1 Å². The molecule has 0 atom stereocenters. The lowest BCUT2D eigenvalue weighted by atomic mass is 10.1. The molecule has 2 aromatic rings. The van der Waals surface area contributed by atoms with Gasteiger partial charge in [0.15, 0.2) is 5.82 Å². The molecular formula is C17H24N6O2. The monoisotopic (exact) mass is 344 g/mol. The first-order valence-corrected chi connectivity index (χ1v) is 8.52. The third-order valence-corrected chi connectivity index (χ3v) is 4.29. The van der Waals surface area contributed by atoms with Crippen molar-refractivity contribution in [2.75, 3.05) is 33.2 Å². The number of hydrogen-bond donors (Lipinski definition) is 0. The fraction of sp³-hybridized carbons (Fsp3) is 0.529. The second kappa shape index (κ2) is 7.60. The van der Waals surface area contributed by atoms with E-state index < -0.39 is 0 Å². The topological polar surface area (TPSA) is 76.4 Å². The van der Waals surface area contributed by atoms with Crippen LogP contribution in [0.25, 0.3) is 0 Å². The van der Waals surface area contributed by atoms with Crippen LogP contribution in [0.4, 0.5) is 0 Å².